The van der Waals surface area contributed by atoms with E-state index in [4.69, 9.17) is 4.74 Å². The van der Waals surface area contributed by atoms with Crippen LogP contribution in [0.15, 0.2) is 48.5 Å². The van der Waals surface area contributed by atoms with Gasteiger partial charge in [-0.25, -0.2) is 0 Å². The Kier molecular flexibility index (Phi) is 4.12. The van der Waals surface area contributed by atoms with Crippen molar-refractivity contribution in [1.29, 1.82) is 0 Å². The van der Waals surface area contributed by atoms with E-state index < -0.39 is 0 Å². The highest BCUT2D eigenvalue weighted by Gasteiger charge is 2.38. The van der Waals surface area contributed by atoms with Gasteiger partial charge in [0.2, 0.25) is 5.91 Å². The lowest BCUT2D eigenvalue weighted by molar-refractivity contribution is -0.119. The van der Waals surface area contributed by atoms with Gasteiger partial charge in [0.05, 0.1) is 11.4 Å². The molecule has 0 saturated heterocycles. The fourth-order valence-electron chi connectivity index (χ4n) is 4.10. The van der Waals surface area contributed by atoms with Crippen molar-refractivity contribution in [1.82, 2.24) is 0 Å². The third-order valence-electron chi connectivity index (χ3n) is 5.39. The summed E-state index contributed by atoms with van der Waals surface area (Å²) in [5.74, 6) is 1.79. The Balaban J connectivity index is 1.73. The Morgan fingerprint density at radius 3 is 2.40 bits per heavy atom. The summed E-state index contributed by atoms with van der Waals surface area (Å²) in [5.41, 5.74) is 2.07. The SMILES string of the molecule is C[C@@H]1C(=O)N(C)c2ccc(Oc3ccccc3)cc2N1C1CCCC1. The molecule has 2 aromatic rings. The van der Waals surface area contributed by atoms with Crippen LogP contribution in [-0.2, 0) is 4.79 Å². The molecule has 0 bridgehead atoms. The maximum Gasteiger partial charge on any atom is 0.249 e. The lowest BCUT2D eigenvalue weighted by Gasteiger charge is -2.43. The number of likely N-dealkylation sites (N-methyl/N-ethyl adjacent to an activating group) is 1. The highest BCUT2D eigenvalue weighted by atomic mass is 16.5. The second kappa shape index (κ2) is 6.43. The fraction of sp³-hybridized carbons (Fsp3) is 0.381. The summed E-state index contributed by atoms with van der Waals surface area (Å²) in [6.07, 6.45) is 4.80. The number of ether oxygens (including phenoxy) is 1. The molecule has 0 aromatic heterocycles. The molecule has 1 atom stereocenters. The Hall–Kier alpha value is -2.49. The van der Waals surface area contributed by atoms with E-state index in [2.05, 4.69) is 11.0 Å². The van der Waals surface area contributed by atoms with Gasteiger partial charge in [-0.3, -0.25) is 4.79 Å². The zero-order valence-electron chi connectivity index (χ0n) is 14.8. The zero-order valence-corrected chi connectivity index (χ0v) is 14.8. The molecule has 1 fully saturated rings. The number of carbonyl (C=O) groups excluding carboxylic acids is 1. The summed E-state index contributed by atoms with van der Waals surface area (Å²) in [6.45, 7) is 2.02. The molecular formula is C21H24N2O2. The van der Waals surface area contributed by atoms with Crippen LogP contribution >= 0.6 is 0 Å². The van der Waals surface area contributed by atoms with Crippen LogP contribution in [-0.4, -0.2) is 25.0 Å². The number of para-hydroxylation sites is 1. The molecule has 0 spiro atoms. The van der Waals surface area contributed by atoms with Gasteiger partial charge in [-0.1, -0.05) is 31.0 Å². The maximum atomic E-state index is 12.7. The van der Waals surface area contributed by atoms with Crippen molar-refractivity contribution < 1.29 is 9.53 Å². The van der Waals surface area contributed by atoms with Gasteiger partial charge in [0.25, 0.3) is 0 Å². The van der Waals surface area contributed by atoms with Crippen molar-refractivity contribution in [3.8, 4) is 11.5 Å². The average molecular weight is 336 g/mol. The molecule has 2 aliphatic rings. The summed E-state index contributed by atoms with van der Waals surface area (Å²) >= 11 is 0. The van der Waals surface area contributed by atoms with E-state index in [9.17, 15) is 4.79 Å². The van der Waals surface area contributed by atoms with Crippen LogP contribution in [0.3, 0.4) is 0 Å². The number of anilines is 2. The van der Waals surface area contributed by atoms with Crippen molar-refractivity contribution in [3.63, 3.8) is 0 Å². The van der Waals surface area contributed by atoms with Crippen LogP contribution in [0.2, 0.25) is 0 Å². The van der Waals surface area contributed by atoms with Gasteiger partial charge >= 0.3 is 0 Å². The smallest absolute Gasteiger partial charge is 0.249 e. The van der Waals surface area contributed by atoms with Crippen molar-refractivity contribution in [2.75, 3.05) is 16.8 Å². The highest BCUT2D eigenvalue weighted by Crippen LogP contribution is 2.42. The molecule has 2 aromatic carbocycles. The first-order valence-corrected chi connectivity index (χ1v) is 9.08. The van der Waals surface area contributed by atoms with Gasteiger partial charge in [-0.15, -0.1) is 0 Å². The molecule has 0 radical (unpaired) electrons. The van der Waals surface area contributed by atoms with Crippen LogP contribution in [0.4, 0.5) is 11.4 Å². The van der Waals surface area contributed by atoms with E-state index in [1.54, 1.807) is 4.90 Å². The van der Waals surface area contributed by atoms with Gasteiger partial charge < -0.3 is 14.5 Å². The van der Waals surface area contributed by atoms with Gasteiger partial charge in [-0.2, -0.15) is 0 Å². The van der Waals surface area contributed by atoms with E-state index >= 15 is 0 Å². The predicted octanol–water partition coefficient (Wildman–Crippen LogP) is 4.59. The monoisotopic (exact) mass is 336 g/mol. The Morgan fingerprint density at radius 1 is 0.960 bits per heavy atom. The molecule has 0 N–H and O–H groups in total. The minimum absolute atomic E-state index is 0.132. The summed E-state index contributed by atoms with van der Waals surface area (Å²) in [7, 11) is 1.86. The van der Waals surface area contributed by atoms with E-state index in [0.717, 1.165) is 35.7 Å². The van der Waals surface area contributed by atoms with Gasteiger partial charge in [0.1, 0.15) is 17.5 Å². The normalized spacial score (nSPS) is 20.7. The van der Waals surface area contributed by atoms with Crippen molar-refractivity contribution in [2.45, 2.75) is 44.7 Å². The Labute approximate surface area is 149 Å². The highest BCUT2D eigenvalue weighted by molar-refractivity contribution is 6.05. The van der Waals surface area contributed by atoms with Crippen LogP contribution in [0, 0.1) is 0 Å². The van der Waals surface area contributed by atoms with Crippen molar-refractivity contribution in [3.05, 3.63) is 48.5 Å². The molecule has 4 heteroatoms. The predicted molar refractivity (Wildman–Crippen MR) is 101 cm³/mol. The second-order valence-corrected chi connectivity index (χ2v) is 6.98. The van der Waals surface area contributed by atoms with E-state index in [0.29, 0.717) is 6.04 Å². The largest absolute Gasteiger partial charge is 0.457 e. The summed E-state index contributed by atoms with van der Waals surface area (Å²) in [4.78, 5) is 16.8. The van der Waals surface area contributed by atoms with Crippen molar-refractivity contribution >= 4 is 17.3 Å². The quantitative estimate of drug-likeness (QED) is 0.821. The molecule has 25 heavy (non-hydrogen) atoms. The molecule has 4 nitrogen and oxygen atoms in total. The third kappa shape index (κ3) is 2.86. The summed E-state index contributed by atoms with van der Waals surface area (Å²) in [6, 6.07) is 16.1. The summed E-state index contributed by atoms with van der Waals surface area (Å²) in [5, 5.41) is 0. The number of nitrogens with zero attached hydrogens (tertiary/aromatic N) is 2. The molecule has 1 heterocycles. The molecule has 1 aliphatic carbocycles. The van der Waals surface area contributed by atoms with Crippen molar-refractivity contribution in [2.24, 2.45) is 0 Å². The van der Waals surface area contributed by atoms with E-state index in [1.165, 1.54) is 12.8 Å². The lowest BCUT2D eigenvalue weighted by atomic mass is 10.0. The fourth-order valence-corrected chi connectivity index (χ4v) is 4.10. The number of amides is 1. The minimum atomic E-state index is -0.132. The molecule has 0 unspecified atom stereocenters. The standard InChI is InChI=1S/C21H24N2O2/c1-15-21(24)22(2)19-13-12-18(25-17-10-4-3-5-11-17)14-20(19)23(15)16-8-6-7-9-16/h3-5,10-16H,6-9H2,1-2H3/t15-/m1/s1. The molecule has 1 aliphatic heterocycles. The molecule has 1 amide bonds. The number of benzene rings is 2. The first-order chi connectivity index (χ1) is 12.1. The number of hydrogen-bond donors (Lipinski definition) is 0. The van der Waals surface area contributed by atoms with Gasteiger partial charge in [0.15, 0.2) is 0 Å². The second-order valence-electron chi connectivity index (χ2n) is 6.98. The summed E-state index contributed by atoms with van der Waals surface area (Å²) < 4.78 is 6.02. The van der Waals surface area contributed by atoms with E-state index in [1.807, 2.05) is 56.4 Å². The average Bonchev–Trinajstić information content (AvgIpc) is 3.15. The third-order valence-corrected chi connectivity index (χ3v) is 5.39. The van der Waals surface area contributed by atoms with E-state index in [-0.39, 0.29) is 11.9 Å². The Bertz CT molecular complexity index is 769. The first-order valence-electron chi connectivity index (χ1n) is 9.08. The Morgan fingerprint density at radius 2 is 1.68 bits per heavy atom. The number of rotatable bonds is 3. The number of carbonyl (C=O) groups is 1. The van der Waals surface area contributed by atoms with Crippen LogP contribution in [0.5, 0.6) is 11.5 Å². The van der Waals surface area contributed by atoms with Crippen LogP contribution in [0.1, 0.15) is 32.6 Å². The number of hydrogen-bond acceptors (Lipinski definition) is 3. The topological polar surface area (TPSA) is 32.8 Å². The maximum absolute atomic E-state index is 12.7. The molecular weight excluding hydrogens is 312 g/mol. The van der Waals surface area contributed by atoms with Gasteiger partial charge in [0, 0.05) is 19.2 Å². The first kappa shape index (κ1) is 16.0. The number of fused-ring (bicyclic) bond motifs is 1. The lowest BCUT2D eigenvalue weighted by Crippen LogP contribution is -2.54. The minimum Gasteiger partial charge on any atom is -0.457 e. The zero-order chi connectivity index (χ0) is 17.4. The van der Waals surface area contributed by atoms with Crippen LogP contribution < -0.4 is 14.5 Å². The molecule has 4 rings (SSSR count). The van der Waals surface area contributed by atoms with Crippen LogP contribution in [0.25, 0.3) is 0 Å². The molecule has 1 saturated carbocycles. The van der Waals surface area contributed by atoms with Gasteiger partial charge in [-0.05, 0) is 44.0 Å². The molecule has 130 valence electrons.